The summed E-state index contributed by atoms with van der Waals surface area (Å²) in [7, 11) is 0. The van der Waals surface area contributed by atoms with Crippen molar-refractivity contribution < 1.29 is 27.1 Å². The van der Waals surface area contributed by atoms with Gasteiger partial charge in [0.2, 0.25) is 5.91 Å². The minimum Gasteiger partial charge on any atom is -0.379 e. The fourth-order valence-corrected chi connectivity index (χ4v) is 2.61. The molecular formula is C13H17ClF4N4O2. The summed E-state index contributed by atoms with van der Waals surface area (Å²) in [5.74, 6) is -0.606. The summed E-state index contributed by atoms with van der Waals surface area (Å²) in [4.78, 5) is 13.9. The van der Waals surface area contributed by atoms with Gasteiger partial charge in [0, 0.05) is 26.2 Å². The third-order valence-corrected chi connectivity index (χ3v) is 3.90. The van der Waals surface area contributed by atoms with E-state index in [1.165, 1.54) is 0 Å². The second kappa shape index (κ2) is 8.63. The lowest BCUT2D eigenvalue weighted by molar-refractivity contribution is -0.122. The third kappa shape index (κ3) is 4.81. The molecular weight excluding hydrogens is 356 g/mol. The number of carbonyl (C=O) groups excluding carboxylic acids is 1. The molecule has 1 aliphatic rings. The lowest BCUT2D eigenvalue weighted by atomic mass is 10.3. The molecule has 1 aromatic rings. The highest BCUT2D eigenvalue weighted by molar-refractivity contribution is 6.32. The molecule has 2 rings (SSSR count). The minimum absolute atomic E-state index is 0.305. The van der Waals surface area contributed by atoms with E-state index in [2.05, 4.69) is 15.3 Å². The summed E-state index contributed by atoms with van der Waals surface area (Å²) in [5.41, 5.74) is -1.83. The van der Waals surface area contributed by atoms with E-state index >= 15 is 0 Å². The number of nitrogens with zero attached hydrogens (tertiary/aromatic N) is 3. The molecule has 136 valence electrons. The van der Waals surface area contributed by atoms with Gasteiger partial charge in [-0.1, -0.05) is 11.6 Å². The summed E-state index contributed by atoms with van der Waals surface area (Å²) in [6, 6.07) is 0. The molecule has 1 saturated heterocycles. The van der Waals surface area contributed by atoms with Gasteiger partial charge in [0.15, 0.2) is 0 Å². The van der Waals surface area contributed by atoms with Crippen LogP contribution in [0.5, 0.6) is 0 Å². The molecule has 0 aliphatic carbocycles. The molecule has 0 saturated carbocycles. The van der Waals surface area contributed by atoms with Crippen LogP contribution in [0.4, 0.5) is 17.6 Å². The molecule has 0 aromatic carbocycles. The van der Waals surface area contributed by atoms with Gasteiger partial charge in [-0.2, -0.15) is 5.10 Å². The first kappa shape index (κ1) is 18.9. The molecule has 0 radical (unpaired) electrons. The third-order valence-electron chi connectivity index (χ3n) is 3.52. The van der Waals surface area contributed by atoms with Gasteiger partial charge in [-0.15, -0.1) is 0 Å². The lowest BCUT2D eigenvalue weighted by Crippen LogP contribution is -2.42. The lowest BCUT2D eigenvalue weighted by Gasteiger charge is -2.26. The SMILES string of the molecule is O=C(Cn1nc(C(F)F)c(Cl)c1C(F)F)NCCN1CCOCC1. The molecule has 2 heterocycles. The van der Waals surface area contributed by atoms with Crippen molar-refractivity contribution in [3.8, 4) is 0 Å². The number of halogens is 5. The molecule has 0 bridgehead atoms. The molecule has 0 spiro atoms. The smallest absolute Gasteiger partial charge is 0.283 e. The highest BCUT2D eigenvalue weighted by Crippen LogP contribution is 2.34. The van der Waals surface area contributed by atoms with Crippen molar-refractivity contribution in [2.24, 2.45) is 0 Å². The van der Waals surface area contributed by atoms with E-state index in [1.54, 1.807) is 0 Å². The van der Waals surface area contributed by atoms with Gasteiger partial charge in [0.1, 0.15) is 17.9 Å². The van der Waals surface area contributed by atoms with Crippen LogP contribution < -0.4 is 5.32 Å². The molecule has 1 fully saturated rings. The van der Waals surface area contributed by atoms with Crippen LogP contribution in [-0.4, -0.2) is 60.0 Å². The first-order valence-corrected chi connectivity index (χ1v) is 7.67. The zero-order valence-electron chi connectivity index (χ0n) is 12.7. The Kier molecular flexibility index (Phi) is 6.81. The van der Waals surface area contributed by atoms with E-state index < -0.39 is 41.7 Å². The van der Waals surface area contributed by atoms with Crippen molar-refractivity contribution in [1.82, 2.24) is 20.0 Å². The normalized spacial score (nSPS) is 16.1. The number of hydrogen-bond donors (Lipinski definition) is 1. The van der Waals surface area contributed by atoms with Crippen molar-refractivity contribution >= 4 is 17.5 Å². The standard InChI is InChI=1S/C13H17ClF4N4O2/c14-9-10(12(15)16)20-22(11(9)13(17)18)7-8(23)19-1-2-21-3-5-24-6-4-21/h12-13H,1-7H2,(H,19,23). The van der Waals surface area contributed by atoms with Crippen LogP contribution in [-0.2, 0) is 16.1 Å². The molecule has 1 N–H and O–H groups in total. The molecule has 11 heteroatoms. The van der Waals surface area contributed by atoms with Crippen molar-refractivity contribution in [3.63, 3.8) is 0 Å². The predicted molar refractivity (Wildman–Crippen MR) is 77.4 cm³/mol. The summed E-state index contributed by atoms with van der Waals surface area (Å²) in [6.07, 6.45) is -6.21. The average molecular weight is 373 g/mol. The van der Waals surface area contributed by atoms with Crippen molar-refractivity contribution in [2.45, 2.75) is 19.4 Å². The fraction of sp³-hybridized carbons (Fsp3) is 0.692. The number of hydrogen-bond acceptors (Lipinski definition) is 4. The molecule has 1 aliphatic heterocycles. The highest BCUT2D eigenvalue weighted by atomic mass is 35.5. The number of alkyl halides is 4. The van der Waals surface area contributed by atoms with Gasteiger partial charge in [0.25, 0.3) is 12.9 Å². The fourth-order valence-electron chi connectivity index (χ4n) is 2.31. The second-order valence-electron chi connectivity index (χ2n) is 5.15. The Morgan fingerprint density at radius 1 is 1.25 bits per heavy atom. The number of ether oxygens (including phenoxy) is 1. The quantitative estimate of drug-likeness (QED) is 0.742. The number of aromatic nitrogens is 2. The molecule has 1 aromatic heterocycles. The Bertz CT molecular complexity index is 564. The Morgan fingerprint density at radius 2 is 1.92 bits per heavy atom. The van der Waals surface area contributed by atoms with E-state index in [9.17, 15) is 22.4 Å². The van der Waals surface area contributed by atoms with Crippen molar-refractivity contribution in [3.05, 3.63) is 16.4 Å². The zero-order valence-corrected chi connectivity index (χ0v) is 13.4. The van der Waals surface area contributed by atoms with E-state index in [0.717, 1.165) is 13.1 Å². The van der Waals surface area contributed by atoms with Crippen molar-refractivity contribution in [1.29, 1.82) is 0 Å². The Balaban J connectivity index is 1.91. The summed E-state index contributed by atoms with van der Waals surface area (Å²) in [6.45, 7) is 3.02. The second-order valence-corrected chi connectivity index (χ2v) is 5.53. The van der Waals surface area contributed by atoms with Crippen LogP contribution in [0.3, 0.4) is 0 Å². The number of amides is 1. The number of morpholine rings is 1. The van der Waals surface area contributed by atoms with Crippen LogP contribution in [0.25, 0.3) is 0 Å². The molecule has 0 unspecified atom stereocenters. The minimum atomic E-state index is -3.11. The molecule has 0 atom stereocenters. The molecule has 24 heavy (non-hydrogen) atoms. The highest BCUT2D eigenvalue weighted by Gasteiger charge is 2.28. The Morgan fingerprint density at radius 3 is 2.50 bits per heavy atom. The largest absolute Gasteiger partial charge is 0.379 e. The van der Waals surface area contributed by atoms with Crippen LogP contribution in [0.1, 0.15) is 24.2 Å². The van der Waals surface area contributed by atoms with Crippen LogP contribution >= 0.6 is 11.6 Å². The van der Waals surface area contributed by atoms with Crippen molar-refractivity contribution in [2.75, 3.05) is 39.4 Å². The average Bonchev–Trinajstić information content (AvgIpc) is 2.85. The number of rotatable bonds is 7. The van der Waals surface area contributed by atoms with Gasteiger partial charge >= 0.3 is 0 Å². The van der Waals surface area contributed by atoms with Crippen LogP contribution in [0.2, 0.25) is 5.02 Å². The first-order valence-electron chi connectivity index (χ1n) is 7.29. The maximum atomic E-state index is 13.0. The van der Waals surface area contributed by atoms with Crippen LogP contribution in [0.15, 0.2) is 0 Å². The summed E-state index contributed by atoms with van der Waals surface area (Å²) in [5, 5.41) is 5.08. The van der Waals surface area contributed by atoms with E-state index in [4.69, 9.17) is 16.3 Å². The van der Waals surface area contributed by atoms with Gasteiger partial charge in [0.05, 0.1) is 18.2 Å². The van der Waals surface area contributed by atoms with E-state index in [1.807, 2.05) is 0 Å². The zero-order chi connectivity index (χ0) is 17.7. The Labute approximate surface area is 140 Å². The topological polar surface area (TPSA) is 59.4 Å². The summed E-state index contributed by atoms with van der Waals surface area (Å²) >= 11 is 5.52. The van der Waals surface area contributed by atoms with Gasteiger partial charge in [-0.3, -0.25) is 14.4 Å². The monoisotopic (exact) mass is 372 g/mol. The number of carbonyl (C=O) groups is 1. The van der Waals surface area contributed by atoms with Crippen LogP contribution in [0, 0.1) is 0 Å². The Hall–Kier alpha value is -1.39. The number of nitrogens with one attached hydrogen (secondary N) is 1. The predicted octanol–water partition coefficient (Wildman–Crippen LogP) is 1.86. The van der Waals surface area contributed by atoms with E-state index in [0.29, 0.717) is 31.0 Å². The first-order chi connectivity index (χ1) is 11.4. The molecule has 6 nitrogen and oxygen atoms in total. The van der Waals surface area contributed by atoms with Gasteiger partial charge < -0.3 is 10.1 Å². The molecule has 1 amide bonds. The van der Waals surface area contributed by atoms with Gasteiger partial charge in [-0.05, 0) is 0 Å². The summed E-state index contributed by atoms with van der Waals surface area (Å²) < 4.78 is 57.1. The van der Waals surface area contributed by atoms with Gasteiger partial charge in [-0.25, -0.2) is 17.6 Å². The maximum Gasteiger partial charge on any atom is 0.283 e. The maximum absolute atomic E-state index is 13.0. The van der Waals surface area contributed by atoms with E-state index in [-0.39, 0.29) is 0 Å².